The molecule has 1 saturated heterocycles. The standard InChI is InChI=1S/C17H32N2OS2/c1-13-7-5-8-14(9-6-12-18)21-22-17(16(19)15(13)20)10-3-2-4-11-17/h13-14,16H,2-12,18-19H2,1H3. The number of carbonyl (C=O) groups is 1. The Morgan fingerprint density at radius 2 is 1.91 bits per heavy atom. The molecule has 2 rings (SSSR count). The molecule has 1 aliphatic heterocycles. The molecule has 1 aliphatic carbocycles. The highest BCUT2D eigenvalue weighted by atomic mass is 33.1. The third-order valence-corrected chi connectivity index (χ3v) is 9.24. The van der Waals surface area contributed by atoms with E-state index in [2.05, 4.69) is 6.92 Å². The van der Waals surface area contributed by atoms with Gasteiger partial charge in [-0.3, -0.25) is 4.79 Å². The van der Waals surface area contributed by atoms with Gasteiger partial charge in [0.15, 0.2) is 5.78 Å². The molecule has 2 aliphatic rings. The first kappa shape index (κ1) is 18.6. The fraction of sp³-hybridized carbons (Fsp3) is 0.941. The minimum absolute atomic E-state index is 0.0213. The highest BCUT2D eigenvalue weighted by Gasteiger charge is 2.44. The number of rotatable bonds is 3. The average Bonchev–Trinajstić information content (AvgIpc) is 2.55. The summed E-state index contributed by atoms with van der Waals surface area (Å²) in [6.45, 7) is 2.86. The van der Waals surface area contributed by atoms with E-state index in [0.29, 0.717) is 11.0 Å². The zero-order chi connectivity index (χ0) is 16.0. The van der Waals surface area contributed by atoms with E-state index in [9.17, 15) is 4.79 Å². The van der Waals surface area contributed by atoms with E-state index >= 15 is 0 Å². The van der Waals surface area contributed by atoms with Crippen LogP contribution in [0.2, 0.25) is 0 Å². The van der Waals surface area contributed by atoms with Gasteiger partial charge in [-0.2, -0.15) is 0 Å². The molecule has 1 saturated carbocycles. The Morgan fingerprint density at radius 1 is 1.18 bits per heavy atom. The maximum atomic E-state index is 12.7. The van der Waals surface area contributed by atoms with Crippen LogP contribution in [-0.2, 0) is 4.79 Å². The molecule has 0 aromatic carbocycles. The van der Waals surface area contributed by atoms with Crippen molar-refractivity contribution < 1.29 is 4.79 Å². The van der Waals surface area contributed by atoms with E-state index in [-0.39, 0.29) is 16.7 Å². The molecule has 1 heterocycles. The van der Waals surface area contributed by atoms with Crippen LogP contribution >= 0.6 is 21.6 Å². The number of carbonyl (C=O) groups excluding carboxylic acids is 1. The van der Waals surface area contributed by atoms with Crippen molar-refractivity contribution in [3.8, 4) is 0 Å². The molecular formula is C17H32N2OS2. The Morgan fingerprint density at radius 3 is 2.59 bits per heavy atom. The van der Waals surface area contributed by atoms with Crippen LogP contribution in [0.1, 0.15) is 71.1 Å². The monoisotopic (exact) mass is 344 g/mol. The molecular weight excluding hydrogens is 312 g/mol. The predicted octanol–water partition coefficient (Wildman–Crippen LogP) is 3.89. The normalized spacial score (nSPS) is 33.8. The van der Waals surface area contributed by atoms with Crippen LogP contribution in [-0.4, -0.2) is 28.4 Å². The van der Waals surface area contributed by atoms with Crippen molar-refractivity contribution >= 4 is 27.4 Å². The van der Waals surface area contributed by atoms with E-state index in [1.807, 2.05) is 21.6 Å². The van der Waals surface area contributed by atoms with Crippen molar-refractivity contribution in [3.05, 3.63) is 0 Å². The third-order valence-electron chi connectivity index (χ3n) is 5.30. The fourth-order valence-corrected chi connectivity index (χ4v) is 7.61. The molecule has 128 valence electrons. The van der Waals surface area contributed by atoms with Gasteiger partial charge in [-0.1, -0.05) is 54.2 Å². The largest absolute Gasteiger partial charge is 0.330 e. The van der Waals surface area contributed by atoms with Crippen molar-refractivity contribution in [2.24, 2.45) is 17.4 Å². The Balaban J connectivity index is 2.12. The predicted molar refractivity (Wildman–Crippen MR) is 99.1 cm³/mol. The zero-order valence-corrected chi connectivity index (χ0v) is 15.5. The van der Waals surface area contributed by atoms with Gasteiger partial charge in [-0.15, -0.1) is 0 Å². The lowest BCUT2D eigenvalue weighted by atomic mass is 9.78. The highest BCUT2D eigenvalue weighted by Crippen LogP contribution is 2.51. The van der Waals surface area contributed by atoms with E-state index in [1.54, 1.807) is 0 Å². The summed E-state index contributed by atoms with van der Waals surface area (Å²) in [6.07, 6.45) is 11.6. The molecule has 2 fully saturated rings. The molecule has 0 aromatic rings. The number of ketones is 1. The minimum Gasteiger partial charge on any atom is -0.330 e. The van der Waals surface area contributed by atoms with E-state index in [0.717, 1.165) is 38.6 Å². The van der Waals surface area contributed by atoms with Crippen LogP contribution in [0.3, 0.4) is 0 Å². The molecule has 1 spiro atoms. The third kappa shape index (κ3) is 4.65. The summed E-state index contributed by atoms with van der Waals surface area (Å²) in [5, 5.41) is 0.667. The summed E-state index contributed by atoms with van der Waals surface area (Å²) in [6, 6.07) is -0.284. The summed E-state index contributed by atoms with van der Waals surface area (Å²) in [5.41, 5.74) is 12.2. The van der Waals surface area contributed by atoms with Gasteiger partial charge >= 0.3 is 0 Å². The van der Waals surface area contributed by atoms with Gasteiger partial charge in [-0.25, -0.2) is 0 Å². The number of hydrogen-bond donors (Lipinski definition) is 2. The molecule has 0 radical (unpaired) electrons. The molecule has 5 heteroatoms. The second-order valence-corrected chi connectivity index (χ2v) is 9.99. The fourth-order valence-electron chi connectivity index (χ4n) is 3.71. The van der Waals surface area contributed by atoms with E-state index < -0.39 is 0 Å². The SMILES string of the molecule is CC1CCCC(CCCN)SSC2(CCCCC2)C(N)C1=O. The van der Waals surface area contributed by atoms with Crippen LogP contribution in [0.5, 0.6) is 0 Å². The van der Waals surface area contributed by atoms with Crippen molar-refractivity contribution in [1.29, 1.82) is 0 Å². The van der Waals surface area contributed by atoms with E-state index in [1.165, 1.54) is 32.1 Å². The van der Waals surface area contributed by atoms with Gasteiger partial charge in [0.05, 0.1) is 6.04 Å². The maximum absolute atomic E-state index is 12.7. The lowest BCUT2D eigenvalue weighted by molar-refractivity contribution is -0.124. The summed E-state index contributed by atoms with van der Waals surface area (Å²) < 4.78 is -0.0213. The van der Waals surface area contributed by atoms with E-state index in [4.69, 9.17) is 11.5 Å². The van der Waals surface area contributed by atoms with Gasteiger partial charge in [0.25, 0.3) is 0 Å². The van der Waals surface area contributed by atoms with Crippen LogP contribution in [0, 0.1) is 5.92 Å². The molecule has 3 nitrogen and oxygen atoms in total. The Kier molecular flexibility index (Phi) is 7.58. The molecule has 0 amide bonds. The second kappa shape index (κ2) is 8.95. The molecule has 22 heavy (non-hydrogen) atoms. The van der Waals surface area contributed by atoms with Crippen LogP contribution in [0.15, 0.2) is 0 Å². The second-order valence-electron chi connectivity index (χ2n) is 7.07. The first-order chi connectivity index (χ1) is 10.6. The number of nitrogens with two attached hydrogens (primary N) is 2. The molecule has 0 bridgehead atoms. The van der Waals surface area contributed by atoms with Gasteiger partial charge in [0.2, 0.25) is 0 Å². The first-order valence-corrected chi connectivity index (χ1v) is 11.1. The average molecular weight is 345 g/mol. The van der Waals surface area contributed by atoms with Crippen LogP contribution in [0.25, 0.3) is 0 Å². The van der Waals surface area contributed by atoms with Gasteiger partial charge in [0, 0.05) is 15.9 Å². The summed E-state index contributed by atoms with van der Waals surface area (Å²) >= 11 is 0. The molecule has 0 aromatic heterocycles. The quantitative estimate of drug-likeness (QED) is 0.760. The Labute approximate surface area is 143 Å². The maximum Gasteiger partial charge on any atom is 0.153 e. The molecule has 4 N–H and O–H groups in total. The van der Waals surface area contributed by atoms with Gasteiger partial charge in [0.1, 0.15) is 0 Å². The van der Waals surface area contributed by atoms with Gasteiger partial charge in [-0.05, 0) is 45.1 Å². The smallest absolute Gasteiger partial charge is 0.153 e. The van der Waals surface area contributed by atoms with Crippen molar-refractivity contribution in [1.82, 2.24) is 0 Å². The molecule has 3 atom stereocenters. The van der Waals surface area contributed by atoms with Crippen molar-refractivity contribution in [3.63, 3.8) is 0 Å². The minimum atomic E-state index is -0.284. The van der Waals surface area contributed by atoms with Gasteiger partial charge < -0.3 is 11.5 Å². The first-order valence-electron chi connectivity index (χ1n) is 8.93. The Hall–Kier alpha value is 0.290. The lowest BCUT2D eigenvalue weighted by Gasteiger charge is -2.42. The number of Topliss-reactive ketones (excluding diaryl/α,β-unsaturated/α-hetero) is 1. The zero-order valence-electron chi connectivity index (χ0n) is 13.9. The number of hydrogen-bond acceptors (Lipinski definition) is 5. The summed E-state index contributed by atoms with van der Waals surface area (Å²) in [5.74, 6) is 0.420. The van der Waals surface area contributed by atoms with Crippen molar-refractivity contribution in [2.75, 3.05) is 6.54 Å². The van der Waals surface area contributed by atoms with Crippen LogP contribution < -0.4 is 11.5 Å². The highest BCUT2D eigenvalue weighted by molar-refractivity contribution is 8.77. The van der Waals surface area contributed by atoms with Crippen molar-refractivity contribution in [2.45, 2.75) is 87.2 Å². The summed E-state index contributed by atoms with van der Waals surface area (Å²) in [4.78, 5) is 12.7. The lowest BCUT2D eigenvalue weighted by Crippen LogP contribution is -2.53. The summed E-state index contributed by atoms with van der Waals surface area (Å²) in [7, 11) is 3.95. The Bertz CT molecular complexity index is 359. The molecule has 3 unspecified atom stereocenters. The van der Waals surface area contributed by atoms with Crippen LogP contribution in [0.4, 0.5) is 0 Å². The topological polar surface area (TPSA) is 69.1 Å².